The quantitative estimate of drug-likeness (QED) is 0.0781. The van der Waals surface area contributed by atoms with Gasteiger partial charge in [-0.2, -0.15) is 5.26 Å². The fourth-order valence-electron chi connectivity index (χ4n) is 8.04. The zero-order valence-electron chi connectivity index (χ0n) is 37.1. The predicted molar refractivity (Wildman–Crippen MR) is 247 cm³/mol. The number of aryl methyl sites for hydroxylation is 4. The minimum Gasteiger partial charge on any atom is -0.406 e. The first-order chi connectivity index (χ1) is 33.0. The summed E-state index contributed by atoms with van der Waals surface area (Å²) >= 11 is 0. The van der Waals surface area contributed by atoms with Gasteiger partial charge in [0.1, 0.15) is 34.5 Å². The van der Waals surface area contributed by atoms with Gasteiger partial charge in [0.15, 0.2) is 17.5 Å². The summed E-state index contributed by atoms with van der Waals surface area (Å²) in [6, 6.07) is 26.7. The summed E-state index contributed by atoms with van der Waals surface area (Å²) in [5, 5.41) is 10.8. The second-order valence-electron chi connectivity index (χ2n) is 15.9. The van der Waals surface area contributed by atoms with Crippen molar-refractivity contribution < 1.29 is 54.2 Å². The second-order valence-corrected chi connectivity index (χ2v) is 15.9. The van der Waals surface area contributed by atoms with Crippen molar-refractivity contribution >= 4 is 50.4 Å². The van der Waals surface area contributed by atoms with Crippen LogP contribution in [-0.2, 0) is 7.05 Å². The minimum atomic E-state index is -4.77. The van der Waals surface area contributed by atoms with Crippen LogP contribution in [0.3, 0.4) is 0 Å². The Labute approximate surface area is 391 Å². The van der Waals surface area contributed by atoms with Crippen LogP contribution in [0, 0.1) is 61.2 Å². The molecule has 3 amide bonds. The van der Waals surface area contributed by atoms with Crippen molar-refractivity contribution in [2.45, 2.75) is 27.1 Å². The maximum Gasteiger partial charge on any atom is 0.573 e. The van der Waals surface area contributed by atoms with Crippen LogP contribution in [0.4, 0.5) is 35.1 Å². The number of nitriles is 1. The fourth-order valence-corrected chi connectivity index (χ4v) is 8.04. The molecule has 19 heteroatoms. The Balaban J connectivity index is 0.000000156. The monoisotopic (exact) mass is 963 g/mol. The standard InChI is InChI=1S/C18H12F3N3O2.C17H15FN2O.C16H10F4N2O/c1-24-15(17(23)25)8-12-6-10(9-22)7-14(16(12)24)11-2-4-13(5-3-11)26-18(19,20)21;1-9-3-5-11(6-4-9)14-8-12(18)7-13-10(2)15(17(19)21)20-16(13)14;1-6-9-4-7(17)5-10(15(9)22-14(6)16(21)23)8-2-3-11(18)13(20)12(8)19/h2-8H,1H3,(H2,23,25);3-8,20H,1-2H3,(H2,19,21);2-5,22H,1H3,(H2,21,23). The van der Waals surface area contributed by atoms with Gasteiger partial charge in [-0.1, -0.05) is 42.0 Å². The highest BCUT2D eigenvalue weighted by Crippen LogP contribution is 2.37. The number of halogens is 8. The number of carbonyl (C=O) groups excluding carboxylic acids is 3. The van der Waals surface area contributed by atoms with Crippen molar-refractivity contribution in [1.82, 2.24) is 14.5 Å². The van der Waals surface area contributed by atoms with E-state index >= 15 is 0 Å². The van der Waals surface area contributed by atoms with Gasteiger partial charge in [0.05, 0.1) is 28.2 Å². The average Bonchev–Trinajstić information content (AvgIpc) is 3.95. The predicted octanol–water partition coefficient (Wildman–Crippen LogP) is 11.2. The number of carbonyl (C=O) groups is 3. The number of H-pyrrole nitrogens is 2. The maximum atomic E-state index is 14.0. The number of benzene rings is 6. The number of nitrogens with two attached hydrogens (primary N) is 3. The number of rotatable bonds is 7. The lowest BCUT2D eigenvalue weighted by atomic mass is 10.00. The zero-order chi connectivity index (χ0) is 51.1. The zero-order valence-corrected chi connectivity index (χ0v) is 37.1. The molecule has 0 radical (unpaired) electrons. The Morgan fingerprint density at radius 1 is 0.614 bits per heavy atom. The highest BCUT2D eigenvalue weighted by molar-refractivity contribution is 6.06. The summed E-state index contributed by atoms with van der Waals surface area (Å²) in [4.78, 5) is 40.2. The molecule has 0 fully saturated rings. The van der Waals surface area contributed by atoms with Crippen molar-refractivity contribution in [2.75, 3.05) is 0 Å². The van der Waals surface area contributed by atoms with E-state index in [9.17, 15) is 54.8 Å². The second kappa shape index (κ2) is 19.0. The molecule has 0 aliphatic rings. The molecule has 0 spiro atoms. The molecule has 3 heterocycles. The summed E-state index contributed by atoms with van der Waals surface area (Å²) in [6.07, 6.45) is -4.77. The SMILES string of the molecule is Cc1c(C(N)=O)[nH]c2c(-c3ccc(F)c(F)c3F)cc(F)cc12.Cc1ccc(-c2cc(F)cc3c(C)c(C(N)=O)[nH]c23)cc1.Cn1c(C(N)=O)cc2cc(C#N)cc(-c3ccc(OC(F)(F)F)cc3)c21. The number of alkyl halides is 3. The summed E-state index contributed by atoms with van der Waals surface area (Å²) in [5.41, 5.74) is 23.1. The van der Waals surface area contributed by atoms with E-state index in [1.165, 1.54) is 36.4 Å². The molecule has 70 heavy (non-hydrogen) atoms. The topological polar surface area (TPSA) is 199 Å². The molecule has 0 aliphatic carbocycles. The van der Waals surface area contributed by atoms with E-state index < -0.39 is 47.4 Å². The Kier molecular flexibility index (Phi) is 13.3. The molecule has 11 nitrogen and oxygen atoms in total. The van der Waals surface area contributed by atoms with Crippen LogP contribution >= 0.6 is 0 Å². The minimum absolute atomic E-state index is 0.0352. The summed E-state index contributed by atoms with van der Waals surface area (Å²) in [7, 11) is 1.65. The van der Waals surface area contributed by atoms with E-state index in [4.69, 9.17) is 17.2 Å². The van der Waals surface area contributed by atoms with Crippen LogP contribution in [-0.4, -0.2) is 38.6 Å². The molecule has 0 atom stereocenters. The number of aromatic nitrogens is 3. The van der Waals surface area contributed by atoms with Gasteiger partial charge in [0, 0.05) is 45.5 Å². The van der Waals surface area contributed by atoms with E-state index in [-0.39, 0.29) is 39.6 Å². The van der Waals surface area contributed by atoms with Crippen LogP contribution in [0.25, 0.3) is 66.1 Å². The number of amides is 3. The first kappa shape index (κ1) is 49.0. The lowest BCUT2D eigenvalue weighted by Gasteiger charge is -2.11. The van der Waals surface area contributed by atoms with Crippen LogP contribution < -0.4 is 21.9 Å². The van der Waals surface area contributed by atoms with Crippen LogP contribution in [0.5, 0.6) is 5.75 Å². The molecular weight excluding hydrogens is 927 g/mol. The molecule has 3 aromatic heterocycles. The van der Waals surface area contributed by atoms with Crippen LogP contribution in [0.15, 0.2) is 103 Å². The molecule has 0 bridgehead atoms. The van der Waals surface area contributed by atoms with Crippen molar-refractivity contribution in [3.05, 3.63) is 172 Å². The van der Waals surface area contributed by atoms with Crippen molar-refractivity contribution in [2.24, 2.45) is 24.2 Å². The smallest absolute Gasteiger partial charge is 0.406 e. The molecule has 9 aromatic rings. The number of ether oxygens (including phenoxy) is 1. The Morgan fingerprint density at radius 2 is 1.13 bits per heavy atom. The molecule has 6 aromatic carbocycles. The van der Waals surface area contributed by atoms with E-state index in [0.717, 1.165) is 46.5 Å². The number of hydrogen-bond acceptors (Lipinski definition) is 5. The first-order valence-corrected chi connectivity index (χ1v) is 20.6. The average molecular weight is 964 g/mol. The molecule has 0 aliphatic heterocycles. The van der Waals surface area contributed by atoms with Gasteiger partial charge < -0.3 is 36.5 Å². The third kappa shape index (κ3) is 9.73. The van der Waals surface area contributed by atoms with E-state index in [1.54, 1.807) is 43.7 Å². The third-order valence-electron chi connectivity index (χ3n) is 11.4. The summed E-state index contributed by atoms with van der Waals surface area (Å²) in [6.45, 7) is 5.30. The van der Waals surface area contributed by atoms with Crippen molar-refractivity contribution in [1.29, 1.82) is 5.26 Å². The molecule has 356 valence electrons. The lowest BCUT2D eigenvalue weighted by molar-refractivity contribution is -0.274. The molecular formula is C51H37F8N7O4. The number of aromatic amines is 2. The molecule has 0 saturated heterocycles. The Bertz CT molecular complexity index is 3610. The normalized spacial score (nSPS) is 11.2. The first-order valence-electron chi connectivity index (χ1n) is 20.6. The van der Waals surface area contributed by atoms with Gasteiger partial charge in [-0.15, -0.1) is 13.2 Å². The van der Waals surface area contributed by atoms with E-state index in [2.05, 4.69) is 14.7 Å². The third-order valence-corrected chi connectivity index (χ3v) is 11.4. The molecule has 8 N–H and O–H groups in total. The van der Waals surface area contributed by atoms with Crippen LogP contribution in [0.1, 0.15) is 53.7 Å². The number of nitrogens with one attached hydrogen (secondary N) is 2. The van der Waals surface area contributed by atoms with Gasteiger partial charge in [0.2, 0.25) is 0 Å². The van der Waals surface area contributed by atoms with E-state index in [0.29, 0.717) is 55.2 Å². The number of hydrogen-bond donors (Lipinski definition) is 5. The van der Waals surface area contributed by atoms with Gasteiger partial charge >= 0.3 is 6.36 Å². The Morgan fingerprint density at radius 3 is 1.64 bits per heavy atom. The van der Waals surface area contributed by atoms with Crippen molar-refractivity contribution in [3.8, 4) is 45.2 Å². The summed E-state index contributed by atoms with van der Waals surface area (Å²) in [5.74, 6) is -7.77. The number of primary amides is 3. The van der Waals surface area contributed by atoms with Gasteiger partial charge in [-0.3, -0.25) is 14.4 Å². The van der Waals surface area contributed by atoms with Gasteiger partial charge in [0.25, 0.3) is 17.7 Å². The lowest BCUT2D eigenvalue weighted by Crippen LogP contribution is -2.16. The highest BCUT2D eigenvalue weighted by Gasteiger charge is 2.31. The van der Waals surface area contributed by atoms with Gasteiger partial charge in [-0.25, -0.2) is 22.0 Å². The summed E-state index contributed by atoms with van der Waals surface area (Å²) < 4.78 is 111. The van der Waals surface area contributed by atoms with Gasteiger partial charge in [-0.05, 0) is 110 Å². The fraction of sp³-hybridized carbons (Fsp3) is 0.0980. The number of nitrogens with zero attached hydrogens (tertiary/aromatic N) is 2. The van der Waals surface area contributed by atoms with E-state index in [1.807, 2.05) is 37.3 Å². The highest BCUT2D eigenvalue weighted by atomic mass is 19.4. The van der Waals surface area contributed by atoms with Crippen molar-refractivity contribution in [3.63, 3.8) is 0 Å². The number of fused-ring (bicyclic) bond motifs is 3. The maximum absolute atomic E-state index is 14.0. The molecule has 0 saturated carbocycles. The largest absolute Gasteiger partial charge is 0.573 e. The Hall–Kier alpha value is -8.92. The molecule has 9 rings (SSSR count). The molecule has 0 unspecified atom stereocenters. The van der Waals surface area contributed by atoms with Crippen LogP contribution in [0.2, 0.25) is 0 Å².